The van der Waals surface area contributed by atoms with Crippen molar-refractivity contribution >= 4 is 17.6 Å². The minimum atomic E-state index is -1.02. The lowest BCUT2D eigenvalue weighted by Gasteiger charge is -2.32. The van der Waals surface area contributed by atoms with Gasteiger partial charge in [0.25, 0.3) is 11.6 Å². The van der Waals surface area contributed by atoms with E-state index in [-0.39, 0.29) is 23.2 Å². The van der Waals surface area contributed by atoms with Gasteiger partial charge < -0.3 is 10.0 Å². The van der Waals surface area contributed by atoms with E-state index in [1.165, 1.54) is 24.5 Å². The molecule has 0 radical (unpaired) electrons. The third-order valence-electron chi connectivity index (χ3n) is 4.71. The van der Waals surface area contributed by atoms with Crippen molar-refractivity contribution < 1.29 is 19.6 Å². The van der Waals surface area contributed by atoms with Crippen LogP contribution in [0.2, 0.25) is 0 Å². The number of nitro benzene ring substituents is 1. The van der Waals surface area contributed by atoms with Crippen LogP contribution in [0.3, 0.4) is 0 Å². The van der Waals surface area contributed by atoms with Gasteiger partial charge in [-0.25, -0.2) is 4.79 Å². The molecule has 1 amide bonds. The smallest absolute Gasteiger partial charge is 0.338 e. The van der Waals surface area contributed by atoms with Crippen molar-refractivity contribution in [3.63, 3.8) is 0 Å². The van der Waals surface area contributed by atoms with Crippen molar-refractivity contribution in [2.45, 2.75) is 25.8 Å². The Hall–Kier alpha value is -3.23. The molecular weight excluding hydrogens is 340 g/mol. The zero-order valence-corrected chi connectivity index (χ0v) is 14.2. The van der Waals surface area contributed by atoms with E-state index in [1.54, 1.807) is 22.6 Å². The van der Waals surface area contributed by atoms with Crippen LogP contribution in [0.15, 0.2) is 30.6 Å². The summed E-state index contributed by atoms with van der Waals surface area (Å²) in [5.41, 5.74) is 0.770. The molecule has 1 aliphatic heterocycles. The summed E-state index contributed by atoms with van der Waals surface area (Å²) in [5, 5.41) is 24.1. The maximum atomic E-state index is 12.7. The third kappa shape index (κ3) is 3.28. The summed E-state index contributed by atoms with van der Waals surface area (Å²) in [5.74, 6) is -1.25. The summed E-state index contributed by atoms with van der Waals surface area (Å²) in [6.07, 6.45) is 4.09. The highest BCUT2D eigenvalue weighted by atomic mass is 16.6. The van der Waals surface area contributed by atoms with Crippen LogP contribution in [0.1, 0.15) is 45.2 Å². The Morgan fingerprint density at radius 3 is 2.58 bits per heavy atom. The number of carbonyl (C=O) groups is 2. The normalized spacial score (nSPS) is 15.0. The molecule has 26 heavy (non-hydrogen) atoms. The standard InChI is InChI=1S/C17H18N4O5/c1-11-14(3-2-4-15(11)21(25)26)16(22)19-7-5-13(6-8-19)20-10-12(9-18-20)17(23)24/h2-4,9-10,13H,5-8H2,1H3,(H,23,24). The number of nitro groups is 1. The van der Waals surface area contributed by atoms with Crippen LogP contribution in [-0.2, 0) is 0 Å². The number of piperidine rings is 1. The minimum Gasteiger partial charge on any atom is -0.478 e. The molecule has 0 bridgehead atoms. The van der Waals surface area contributed by atoms with Crippen LogP contribution in [-0.4, -0.2) is 49.7 Å². The molecule has 3 rings (SSSR count). The Labute approximate surface area is 149 Å². The fourth-order valence-electron chi connectivity index (χ4n) is 3.20. The molecule has 1 aliphatic rings. The summed E-state index contributed by atoms with van der Waals surface area (Å²) in [7, 11) is 0. The van der Waals surface area contributed by atoms with Gasteiger partial charge in [0, 0.05) is 36.5 Å². The predicted molar refractivity (Wildman–Crippen MR) is 91.2 cm³/mol. The number of nitrogens with zero attached hydrogens (tertiary/aromatic N) is 4. The summed E-state index contributed by atoms with van der Waals surface area (Å²) in [6, 6.07) is 4.53. The van der Waals surface area contributed by atoms with Crippen molar-refractivity contribution in [3.8, 4) is 0 Å². The molecule has 2 heterocycles. The van der Waals surface area contributed by atoms with Crippen LogP contribution in [0.5, 0.6) is 0 Å². The van der Waals surface area contributed by atoms with Gasteiger partial charge >= 0.3 is 5.97 Å². The van der Waals surface area contributed by atoms with Crippen molar-refractivity contribution in [1.29, 1.82) is 0 Å². The molecule has 0 unspecified atom stereocenters. The summed E-state index contributed by atoms with van der Waals surface area (Å²) in [6.45, 7) is 2.54. The van der Waals surface area contributed by atoms with Gasteiger partial charge in [0.15, 0.2) is 0 Å². The molecule has 136 valence electrons. The summed E-state index contributed by atoms with van der Waals surface area (Å²) >= 11 is 0. The number of hydrogen-bond donors (Lipinski definition) is 1. The fourth-order valence-corrected chi connectivity index (χ4v) is 3.20. The first-order valence-electron chi connectivity index (χ1n) is 8.19. The molecule has 0 spiro atoms. The first-order chi connectivity index (χ1) is 12.4. The summed E-state index contributed by atoms with van der Waals surface area (Å²) < 4.78 is 1.63. The Kier molecular flexibility index (Phi) is 4.70. The molecule has 0 saturated carbocycles. The molecule has 0 aliphatic carbocycles. The lowest BCUT2D eigenvalue weighted by Crippen LogP contribution is -2.39. The second-order valence-corrected chi connectivity index (χ2v) is 6.24. The number of carbonyl (C=O) groups excluding carboxylic acids is 1. The molecule has 1 aromatic carbocycles. The zero-order valence-electron chi connectivity index (χ0n) is 14.2. The highest BCUT2D eigenvalue weighted by molar-refractivity contribution is 5.96. The van der Waals surface area contributed by atoms with Crippen LogP contribution in [0, 0.1) is 17.0 Å². The average Bonchev–Trinajstić information content (AvgIpc) is 3.12. The van der Waals surface area contributed by atoms with E-state index < -0.39 is 10.9 Å². The van der Waals surface area contributed by atoms with Crippen LogP contribution < -0.4 is 0 Å². The van der Waals surface area contributed by atoms with Gasteiger partial charge in [-0.05, 0) is 25.8 Å². The topological polar surface area (TPSA) is 119 Å². The Bertz CT molecular complexity index is 868. The van der Waals surface area contributed by atoms with E-state index in [0.717, 1.165) is 0 Å². The van der Waals surface area contributed by atoms with Gasteiger partial charge in [0.05, 0.1) is 22.7 Å². The Morgan fingerprint density at radius 2 is 2.00 bits per heavy atom. The number of likely N-dealkylation sites (tertiary alicyclic amines) is 1. The predicted octanol–water partition coefficient (Wildman–Crippen LogP) is 2.28. The van der Waals surface area contributed by atoms with Gasteiger partial charge in [-0.2, -0.15) is 5.10 Å². The number of aromatic carboxylic acids is 1. The molecule has 1 fully saturated rings. The molecule has 9 heteroatoms. The number of carboxylic acids is 1. The molecule has 1 aromatic heterocycles. The van der Waals surface area contributed by atoms with Crippen molar-refractivity contribution in [2.75, 3.05) is 13.1 Å². The van der Waals surface area contributed by atoms with E-state index >= 15 is 0 Å². The summed E-state index contributed by atoms with van der Waals surface area (Å²) in [4.78, 5) is 35.9. The van der Waals surface area contributed by atoms with Gasteiger partial charge in [-0.1, -0.05) is 6.07 Å². The molecule has 1 N–H and O–H groups in total. The van der Waals surface area contributed by atoms with Gasteiger partial charge in [0.1, 0.15) is 0 Å². The van der Waals surface area contributed by atoms with Crippen LogP contribution in [0.25, 0.3) is 0 Å². The van der Waals surface area contributed by atoms with E-state index in [9.17, 15) is 19.7 Å². The molecule has 9 nitrogen and oxygen atoms in total. The third-order valence-corrected chi connectivity index (χ3v) is 4.71. The SMILES string of the molecule is Cc1c(C(=O)N2CCC(n3cc(C(=O)O)cn3)CC2)cccc1[N+](=O)[O-]. The monoisotopic (exact) mass is 358 g/mol. The lowest BCUT2D eigenvalue weighted by molar-refractivity contribution is -0.385. The first-order valence-corrected chi connectivity index (χ1v) is 8.19. The fraction of sp³-hybridized carbons (Fsp3) is 0.353. The Morgan fingerprint density at radius 1 is 1.31 bits per heavy atom. The second-order valence-electron chi connectivity index (χ2n) is 6.24. The number of benzene rings is 1. The van der Waals surface area contributed by atoms with Gasteiger partial charge in [0.2, 0.25) is 0 Å². The minimum absolute atomic E-state index is 0.0263. The highest BCUT2D eigenvalue weighted by Crippen LogP contribution is 2.26. The van der Waals surface area contributed by atoms with Crippen molar-refractivity contribution in [3.05, 3.63) is 57.4 Å². The Balaban J connectivity index is 1.70. The first kappa shape index (κ1) is 17.6. The maximum Gasteiger partial charge on any atom is 0.338 e. The number of carboxylic acid groups (broad SMARTS) is 1. The zero-order chi connectivity index (χ0) is 18.8. The number of hydrogen-bond acceptors (Lipinski definition) is 5. The lowest BCUT2D eigenvalue weighted by atomic mass is 10.0. The molecule has 0 atom stereocenters. The van der Waals surface area contributed by atoms with Gasteiger partial charge in [-0.3, -0.25) is 19.6 Å². The average molecular weight is 358 g/mol. The van der Waals surface area contributed by atoms with E-state index in [1.807, 2.05) is 0 Å². The van der Waals surface area contributed by atoms with Gasteiger partial charge in [-0.15, -0.1) is 0 Å². The number of aromatic nitrogens is 2. The second kappa shape index (κ2) is 6.95. The quantitative estimate of drug-likeness (QED) is 0.661. The number of amides is 1. The van der Waals surface area contributed by atoms with E-state index in [2.05, 4.69) is 5.10 Å². The van der Waals surface area contributed by atoms with Crippen LogP contribution in [0.4, 0.5) is 5.69 Å². The van der Waals surface area contributed by atoms with Crippen molar-refractivity contribution in [1.82, 2.24) is 14.7 Å². The van der Waals surface area contributed by atoms with E-state index in [0.29, 0.717) is 37.1 Å². The number of rotatable bonds is 4. The molecular formula is C17H18N4O5. The largest absolute Gasteiger partial charge is 0.478 e. The van der Waals surface area contributed by atoms with Crippen molar-refractivity contribution in [2.24, 2.45) is 0 Å². The molecule has 2 aromatic rings. The maximum absolute atomic E-state index is 12.7. The highest BCUT2D eigenvalue weighted by Gasteiger charge is 2.27. The molecule has 1 saturated heterocycles. The van der Waals surface area contributed by atoms with E-state index in [4.69, 9.17) is 5.11 Å². The van der Waals surface area contributed by atoms with Crippen LogP contribution >= 0.6 is 0 Å².